The van der Waals surface area contributed by atoms with Gasteiger partial charge in [-0.05, 0) is 45.3 Å². The molecule has 0 aromatic heterocycles. The summed E-state index contributed by atoms with van der Waals surface area (Å²) in [4.78, 5) is 0. The molecule has 0 heterocycles. The molecule has 0 amide bonds. The Morgan fingerprint density at radius 3 is 2.33 bits per heavy atom. The fourth-order valence-corrected chi connectivity index (χ4v) is 4.77. The van der Waals surface area contributed by atoms with E-state index >= 15 is 0 Å². The van der Waals surface area contributed by atoms with Crippen LogP contribution in [0.25, 0.3) is 0 Å². The average Bonchev–Trinajstić information content (AvgIpc) is 2.26. The van der Waals surface area contributed by atoms with Gasteiger partial charge in [-0.3, -0.25) is 0 Å². The van der Waals surface area contributed by atoms with E-state index in [1.807, 2.05) is 0 Å². The Bertz CT molecular complexity index is 280. The van der Waals surface area contributed by atoms with Gasteiger partial charge in [0.05, 0.1) is 5.60 Å². The molecule has 1 nitrogen and oxygen atoms in total. The molecule has 1 saturated carbocycles. The Balaban J connectivity index is 2.48. The summed E-state index contributed by atoms with van der Waals surface area (Å²) >= 11 is 0. The fraction of sp³-hybridized carbons (Fsp3) is 0.875. The van der Waals surface area contributed by atoms with Crippen LogP contribution in [0.1, 0.15) is 58.3 Å². The van der Waals surface area contributed by atoms with Gasteiger partial charge in [0.2, 0.25) is 0 Å². The van der Waals surface area contributed by atoms with Crippen molar-refractivity contribution < 1.29 is 4.43 Å². The van der Waals surface area contributed by atoms with E-state index in [0.29, 0.717) is 0 Å². The topological polar surface area (TPSA) is 9.23 Å². The molecule has 0 radical (unpaired) electrons. The van der Waals surface area contributed by atoms with E-state index in [1.54, 1.807) is 0 Å². The third-order valence-corrected chi connectivity index (χ3v) is 4.94. The van der Waals surface area contributed by atoms with Crippen LogP contribution in [0.5, 0.6) is 0 Å². The zero-order chi connectivity index (χ0) is 13.6. The summed E-state index contributed by atoms with van der Waals surface area (Å²) in [5, 5.41) is 0. The maximum atomic E-state index is 6.35. The lowest BCUT2D eigenvalue weighted by molar-refractivity contribution is 0.0663. The van der Waals surface area contributed by atoms with Gasteiger partial charge in [-0.15, -0.1) is 12.3 Å². The maximum absolute atomic E-state index is 6.35. The molecule has 1 fully saturated rings. The summed E-state index contributed by atoms with van der Waals surface area (Å²) in [6, 6.07) is 0. The number of hydrogen-bond donors (Lipinski definition) is 0. The Hall–Kier alpha value is -0.263. The molecule has 0 unspecified atom stereocenters. The van der Waals surface area contributed by atoms with E-state index in [4.69, 9.17) is 10.8 Å². The van der Waals surface area contributed by atoms with Gasteiger partial charge in [0.15, 0.2) is 8.32 Å². The van der Waals surface area contributed by atoms with Crippen molar-refractivity contribution in [2.45, 2.75) is 83.5 Å². The van der Waals surface area contributed by atoms with Gasteiger partial charge in [0.25, 0.3) is 0 Å². The first kappa shape index (κ1) is 15.8. The number of terminal acetylenes is 1. The van der Waals surface area contributed by atoms with Crippen molar-refractivity contribution in [3.05, 3.63) is 0 Å². The summed E-state index contributed by atoms with van der Waals surface area (Å²) in [7, 11) is -1.51. The minimum atomic E-state index is -1.51. The van der Waals surface area contributed by atoms with E-state index in [-0.39, 0.29) is 5.60 Å². The molecule has 18 heavy (non-hydrogen) atoms. The Labute approximate surface area is 115 Å². The minimum absolute atomic E-state index is 0.0866. The van der Waals surface area contributed by atoms with Crippen molar-refractivity contribution in [1.82, 2.24) is 0 Å². The molecule has 0 N–H and O–H groups in total. The van der Waals surface area contributed by atoms with Gasteiger partial charge in [0, 0.05) is 6.42 Å². The Kier molecular flexibility index (Phi) is 5.94. The van der Waals surface area contributed by atoms with Crippen LogP contribution in [0, 0.1) is 18.3 Å². The summed E-state index contributed by atoms with van der Waals surface area (Å²) in [5.41, 5.74) is -0.0866. The molecular formula is C16H30OSi. The predicted octanol–water partition coefficient (Wildman–Crippen LogP) is 4.98. The predicted molar refractivity (Wildman–Crippen MR) is 82.1 cm³/mol. The van der Waals surface area contributed by atoms with E-state index < -0.39 is 8.32 Å². The van der Waals surface area contributed by atoms with Crippen LogP contribution >= 0.6 is 0 Å². The molecule has 1 aliphatic rings. The zero-order valence-electron chi connectivity index (χ0n) is 12.7. The van der Waals surface area contributed by atoms with Gasteiger partial charge in [-0.2, -0.15) is 0 Å². The monoisotopic (exact) mass is 266 g/mol. The highest BCUT2D eigenvalue weighted by Crippen LogP contribution is 2.33. The molecule has 104 valence electrons. The molecule has 0 aliphatic heterocycles. The molecule has 0 aromatic rings. The zero-order valence-corrected chi connectivity index (χ0v) is 13.7. The largest absolute Gasteiger partial charge is 0.411 e. The molecule has 0 bridgehead atoms. The second kappa shape index (κ2) is 6.77. The average molecular weight is 267 g/mol. The second-order valence-corrected chi connectivity index (χ2v) is 11.5. The van der Waals surface area contributed by atoms with Crippen LogP contribution in [0.3, 0.4) is 0 Å². The standard InChI is InChI=1S/C16H30OSi/c1-6-13-16(2,17-18(3,4)5)14-12-15-10-8-7-9-11-15/h1,15H,7-14H2,2-5H3/t16-/m1/s1. The third-order valence-electron chi connectivity index (χ3n) is 3.83. The Morgan fingerprint density at radius 1 is 1.22 bits per heavy atom. The summed E-state index contributed by atoms with van der Waals surface area (Å²) in [5.74, 6) is 3.73. The van der Waals surface area contributed by atoms with Crippen molar-refractivity contribution in [3.8, 4) is 12.3 Å². The molecular weight excluding hydrogens is 236 g/mol. The van der Waals surface area contributed by atoms with Crippen LogP contribution in [0.2, 0.25) is 19.6 Å². The first-order valence-electron chi connectivity index (χ1n) is 7.48. The maximum Gasteiger partial charge on any atom is 0.184 e. The fourth-order valence-electron chi connectivity index (χ4n) is 3.12. The summed E-state index contributed by atoms with van der Waals surface area (Å²) in [6.07, 6.45) is 15.8. The van der Waals surface area contributed by atoms with Crippen LogP contribution < -0.4 is 0 Å². The van der Waals surface area contributed by atoms with E-state index in [9.17, 15) is 0 Å². The molecule has 1 rings (SSSR count). The molecule has 1 atom stereocenters. The highest BCUT2D eigenvalue weighted by molar-refractivity contribution is 6.69. The number of rotatable bonds is 6. The van der Waals surface area contributed by atoms with Gasteiger partial charge in [-0.1, -0.05) is 32.1 Å². The SMILES string of the molecule is C#CC[C@](C)(CCC1CCCCC1)O[Si](C)(C)C. The molecule has 1 aliphatic carbocycles. The minimum Gasteiger partial charge on any atom is -0.411 e. The third kappa shape index (κ3) is 6.07. The van der Waals surface area contributed by atoms with Crippen LogP contribution in [0.4, 0.5) is 0 Å². The summed E-state index contributed by atoms with van der Waals surface area (Å²) < 4.78 is 6.35. The Morgan fingerprint density at radius 2 is 1.83 bits per heavy atom. The van der Waals surface area contributed by atoms with Crippen molar-refractivity contribution in [2.24, 2.45) is 5.92 Å². The lowest BCUT2D eigenvalue weighted by Gasteiger charge is -2.36. The molecule has 0 saturated heterocycles. The first-order valence-corrected chi connectivity index (χ1v) is 10.9. The van der Waals surface area contributed by atoms with Crippen molar-refractivity contribution in [2.75, 3.05) is 0 Å². The molecule has 0 aromatic carbocycles. The van der Waals surface area contributed by atoms with Crippen molar-refractivity contribution >= 4 is 8.32 Å². The highest BCUT2D eigenvalue weighted by Gasteiger charge is 2.31. The molecule has 2 heteroatoms. The van der Waals surface area contributed by atoms with Crippen molar-refractivity contribution in [3.63, 3.8) is 0 Å². The molecule has 0 spiro atoms. The van der Waals surface area contributed by atoms with E-state index in [0.717, 1.165) is 18.8 Å². The normalized spacial score (nSPS) is 21.3. The first-order chi connectivity index (χ1) is 8.35. The number of hydrogen-bond acceptors (Lipinski definition) is 1. The van der Waals surface area contributed by atoms with Gasteiger partial charge in [0.1, 0.15) is 0 Å². The summed E-state index contributed by atoms with van der Waals surface area (Å²) in [6.45, 7) is 8.97. The van der Waals surface area contributed by atoms with E-state index in [2.05, 4.69) is 32.5 Å². The lowest BCUT2D eigenvalue weighted by Crippen LogP contribution is -2.40. The van der Waals surface area contributed by atoms with Crippen LogP contribution in [-0.2, 0) is 4.43 Å². The second-order valence-electron chi connectivity index (χ2n) is 7.09. The highest BCUT2D eigenvalue weighted by atomic mass is 28.4. The van der Waals surface area contributed by atoms with Gasteiger partial charge in [-0.25, -0.2) is 0 Å². The smallest absolute Gasteiger partial charge is 0.184 e. The van der Waals surface area contributed by atoms with E-state index in [1.165, 1.54) is 38.5 Å². The van der Waals surface area contributed by atoms with Crippen LogP contribution in [0.15, 0.2) is 0 Å². The van der Waals surface area contributed by atoms with Crippen LogP contribution in [-0.4, -0.2) is 13.9 Å². The van der Waals surface area contributed by atoms with Gasteiger partial charge >= 0.3 is 0 Å². The lowest BCUT2D eigenvalue weighted by atomic mass is 9.83. The quantitative estimate of drug-likeness (QED) is 0.486. The van der Waals surface area contributed by atoms with Crippen molar-refractivity contribution in [1.29, 1.82) is 0 Å². The van der Waals surface area contributed by atoms with Gasteiger partial charge < -0.3 is 4.43 Å².